The van der Waals surface area contributed by atoms with Crippen molar-refractivity contribution in [3.8, 4) is 0 Å². The van der Waals surface area contributed by atoms with Crippen LogP contribution in [0.4, 0.5) is 0 Å². The van der Waals surface area contributed by atoms with E-state index in [-0.39, 0.29) is 0 Å². The van der Waals surface area contributed by atoms with E-state index in [0.717, 1.165) is 18.8 Å². The minimum absolute atomic E-state index is 0.327. The van der Waals surface area contributed by atoms with Crippen LogP contribution in [0.5, 0.6) is 0 Å². The minimum Gasteiger partial charge on any atom is -0.300 e. The maximum Gasteiger partial charge on any atom is 0.129 e. The molecule has 0 saturated carbocycles. The fraction of sp³-hybridized carbons (Fsp3) is 0.900. The van der Waals surface area contributed by atoms with Crippen LogP contribution in [0.15, 0.2) is 0 Å². The molecule has 0 rings (SSSR count). The SMILES string of the molecule is CCCCC(C)CCC(C)=O. The molecule has 1 nitrogen and oxygen atoms in total. The van der Waals surface area contributed by atoms with Gasteiger partial charge in [0, 0.05) is 6.42 Å². The third-order valence-corrected chi connectivity index (χ3v) is 2.04. The number of rotatable bonds is 6. The van der Waals surface area contributed by atoms with Crippen molar-refractivity contribution in [1.29, 1.82) is 0 Å². The zero-order valence-electron chi connectivity index (χ0n) is 8.02. The van der Waals surface area contributed by atoms with Gasteiger partial charge in [0.1, 0.15) is 5.78 Å². The van der Waals surface area contributed by atoms with Crippen LogP contribution in [-0.4, -0.2) is 5.78 Å². The number of unbranched alkanes of at least 4 members (excludes halogenated alkanes) is 1. The molecule has 0 aliphatic rings. The first-order chi connectivity index (χ1) is 5.16. The van der Waals surface area contributed by atoms with E-state index in [0.29, 0.717) is 5.78 Å². The Balaban J connectivity index is 3.22. The highest BCUT2D eigenvalue weighted by Gasteiger charge is 2.02. The van der Waals surface area contributed by atoms with Crippen LogP contribution < -0.4 is 0 Å². The predicted octanol–water partition coefficient (Wildman–Crippen LogP) is 3.18. The van der Waals surface area contributed by atoms with Gasteiger partial charge in [-0.3, -0.25) is 0 Å². The van der Waals surface area contributed by atoms with E-state index < -0.39 is 0 Å². The van der Waals surface area contributed by atoms with Gasteiger partial charge in [0.2, 0.25) is 0 Å². The summed E-state index contributed by atoms with van der Waals surface area (Å²) in [5.74, 6) is 1.06. The topological polar surface area (TPSA) is 17.1 Å². The molecule has 0 aliphatic carbocycles. The van der Waals surface area contributed by atoms with Crippen molar-refractivity contribution in [3.05, 3.63) is 0 Å². The zero-order valence-corrected chi connectivity index (χ0v) is 8.02. The molecule has 0 saturated heterocycles. The van der Waals surface area contributed by atoms with E-state index in [1.165, 1.54) is 19.3 Å². The average Bonchev–Trinajstić information content (AvgIpc) is 1.97. The quantitative estimate of drug-likeness (QED) is 0.577. The van der Waals surface area contributed by atoms with E-state index in [1.54, 1.807) is 6.92 Å². The summed E-state index contributed by atoms with van der Waals surface area (Å²) >= 11 is 0. The fourth-order valence-electron chi connectivity index (χ4n) is 1.15. The monoisotopic (exact) mass is 156 g/mol. The summed E-state index contributed by atoms with van der Waals surface area (Å²) in [7, 11) is 0. The molecule has 1 unspecified atom stereocenters. The molecule has 1 heteroatoms. The Morgan fingerprint density at radius 3 is 2.45 bits per heavy atom. The van der Waals surface area contributed by atoms with Crippen LogP contribution >= 0.6 is 0 Å². The van der Waals surface area contributed by atoms with Crippen LogP contribution in [0.2, 0.25) is 0 Å². The molecule has 0 fully saturated rings. The Kier molecular flexibility index (Phi) is 6.19. The van der Waals surface area contributed by atoms with Gasteiger partial charge >= 0.3 is 0 Å². The van der Waals surface area contributed by atoms with Crippen molar-refractivity contribution < 1.29 is 4.79 Å². The maximum absolute atomic E-state index is 10.6. The first kappa shape index (κ1) is 10.7. The summed E-state index contributed by atoms with van der Waals surface area (Å²) in [5, 5.41) is 0. The molecule has 0 radical (unpaired) electrons. The molecule has 0 aromatic carbocycles. The first-order valence-corrected chi connectivity index (χ1v) is 4.66. The third-order valence-electron chi connectivity index (χ3n) is 2.04. The fourth-order valence-corrected chi connectivity index (χ4v) is 1.15. The normalized spacial score (nSPS) is 13.0. The van der Waals surface area contributed by atoms with Gasteiger partial charge in [0.25, 0.3) is 0 Å². The van der Waals surface area contributed by atoms with Crippen molar-refractivity contribution in [2.75, 3.05) is 0 Å². The van der Waals surface area contributed by atoms with Gasteiger partial charge in [-0.1, -0.05) is 33.1 Å². The van der Waals surface area contributed by atoms with Crippen molar-refractivity contribution >= 4 is 5.78 Å². The van der Waals surface area contributed by atoms with Gasteiger partial charge in [-0.25, -0.2) is 0 Å². The van der Waals surface area contributed by atoms with E-state index in [4.69, 9.17) is 0 Å². The smallest absolute Gasteiger partial charge is 0.129 e. The van der Waals surface area contributed by atoms with E-state index in [9.17, 15) is 4.79 Å². The second-order valence-electron chi connectivity index (χ2n) is 3.49. The molecule has 11 heavy (non-hydrogen) atoms. The Morgan fingerprint density at radius 1 is 1.36 bits per heavy atom. The Hall–Kier alpha value is -0.330. The second kappa shape index (κ2) is 6.38. The first-order valence-electron chi connectivity index (χ1n) is 4.66. The lowest BCUT2D eigenvalue weighted by molar-refractivity contribution is -0.117. The Bertz CT molecular complexity index is 107. The van der Waals surface area contributed by atoms with Crippen molar-refractivity contribution in [2.45, 2.75) is 52.9 Å². The lowest BCUT2D eigenvalue weighted by Gasteiger charge is -2.07. The van der Waals surface area contributed by atoms with E-state index in [2.05, 4.69) is 13.8 Å². The van der Waals surface area contributed by atoms with Gasteiger partial charge in [0.05, 0.1) is 0 Å². The molecule has 0 aliphatic heterocycles. The van der Waals surface area contributed by atoms with Gasteiger partial charge in [-0.15, -0.1) is 0 Å². The molecule has 1 atom stereocenters. The molecule has 0 spiro atoms. The maximum atomic E-state index is 10.6. The summed E-state index contributed by atoms with van der Waals surface area (Å²) in [5.41, 5.74) is 0. The van der Waals surface area contributed by atoms with Crippen LogP contribution in [0, 0.1) is 5.92 Å². The molecule has 0 amide bonds. The highest BCUT2D eigenvalue weighted by molar-refractivity contribution is 5.75. The lowest BCUT2D eigenvalue weighted by Crippen LogP contribution is -1.98. The molecule has 0 heterocycles. The predicted molar refractivity (Wildman–Crippen MR) is 48.6 cm³/mol. The van der Waals surface area contributed by atoms with Gasteiger partial charge in [-0.2, -0.15) is 0 Å². The highest BCUT2D eigenvalue weighted by Crippen LogP contribution is 2.13. The molecule has 0 N–H and O–H groups in total. The van der Waals surface area contributed by atoms with Gasteiger partial charge in [0.15, 0.2) is 0 Å². The van der Waals surface area contributed by atoms with Crippen LogP contribution in [-0.2, 0) is 4.79 Å². The standard InChI is InChI=1S/C10H20O/c1-4-5-6-9(2)7-8-10(3)11/h9H,4-8H2,1-3H3. The molecule has 0 bridgehead atoms. The summed E-state index contributed by atoms with van der Waals surface area (Å²) < 4.78 is 0. The molecular formula is C10H20O. The third kappa shape index (κ3) is 7.57. The molecular weight excluding hydrogens is 136 g/mol. The average molecular weight is 156 g/mol. The van der Waals surface area contributed by atoms with Gasteiger partial charge in [-0.05, 0) is 19.3 Å². The lowest BCUT2D eigenvalue weighted by atomic mass is 9.98. The molecule has 66 valence electrons. The number of hydrogen-bond acceptors (Lipinski definition) is 1. The van der Waals surface area contributed by atoms with E-state index in [1.807, 2.05) is 0 Å². The Labute approximate surface area is 70.2 Å². The van der Waals surface area contributed by atoms with E-state index >= 15 is 0 Å². The number of Topliss-reactive ketones (excluding diaryl/α,β-unsaturated/α-hetero) is 1. The summed E-state index contributed by atoms with van der Waals surface area (Å²) in [6, 6.07) is 0. The summed E-state index contributed by atoms with van der Waals surface area (Å²) in [4.78, 5) is 10.6. The largest absolute Gasteiger partial charge is 0.300 e. The molecule has 0 aromatic heterocycles. The van der Waals surface area contributed by atoms with Crippen LogP contribution in [0.25, 0.3) is 0 Å². The number of carbonyl (C=O) groups is 1. The Morgan fingerprint density at radius 2 is 2.00 bits per heavy atom. The number of carbonyl (C=O) groups excluding carboxylic acids is 1. The zero-order chi connectivity index (χ0) is 8.69. The van der Waals surface area contributed by atoms with Crippen LogP contribution in [0.3, 0.4) is 0 Å². The van der Waals surface area contributed by atoms with Crippen molar-refractivity contribution in [2.24, 2.45) is 5.92 Å². The highest BCUT2D eigenvalue weighted by atomic mass is 16.1. The van der Waals surface area contributed by atoms with Gasteiger partial charge < -0.3 is 4.79 Å². The van der Waals surface area contributed by atoms with Crippen LogP contribution in [0.1, 0.15) is 52.9 Å². The van der Waals surface area contributed by atoms with Crippen molar-refractivity contribution in [3.63, 3.8) is 0 Å². The molecule has 0 aromatic rings. The number of hydrogen-bond donors (Lipinski definition) is 0. The second-order valence-corrected chi connectivity index (χ2v) is 3.49. The minimum atomic E-state index is 0.327. The van der Waals surface area contributed by atoms with Crippen molar-refractivity contribution in [1.82, 2.24) is 0 Å². The summed E-state index contributed by atoms with van der Waals surface area (Å²) in [6.07, 6.45) is 5.70. The summed E-state index contributed by atoms with van der Waals surface area (Å²) in [6.45, 7) is 6.11. The number of ketones is 1.